The van der Waals surface area contributed by atoms with Gasteiger partial charge in [-0.15, -0.1) is 24.8 Å². The molecule has 5 nitrogen and oxygen atoms in total. The maximum absolute atomic E-state index is 11.8. The van der Waals surface area contributed by atoms with Crippen LogP contribution in [0.15, 0.2) is 48.7 Å². The van der Waals surface area contributed by atoms with E-state index in [0.717, 1.165) is 24.0 Å². The minimum Gasteiger partial charge on any atom is -0.340 e. The van der Waals surface area contributed by atoms with Crippen molar-refractivity contribution in [2.24, 2.45) is 5.92 Å². The molecular formula is C17H22Cl2N4O. The first-order chi connectivity index (χ1) is 10.8. The van der Waals surface area contributed by atoms with Crippen molar-refractivity contribution < 1.29 is 4.79 Å². The van der Waals surface area contributed by atoms with Crippen LogP contribution in [0.3, 0.4) is 0 Å². The van der Waals surface area contributed by atoms with Crippen LogP contribution in [0.4, 0.5) is 17.2 Å². The number of carbonyl (C=O) groups is 1. The highest BCUT2D eigenvalue weighted by Gasteiger charge is 2.20. The second-order valence-electron chi connectivity index (χ2n) is 5.55. The van der Waals surface area contributed by atoms with E-state index >= 15 is 0 Å². The Balaban J connectivity index is 0.00000144. The van der Waals surface area contributed by atoms with Gasteiger partial charge < -0.3 is 16.0 Å². The van der Waals surface area contributed by atoms with E-state index in [1.165, 1.54) is 12.8 Å². The molecule has 1 aromatic heterocycles. The van der Waals surface area contributed by atoms with E-state index in [1.807, 2.05) is 42.5 Å². The van der Waals surface area contributed by atoms with Gasteiger partial charge in [0.1, 0.15) is 5.82 Å². The van der Waals surface area contributed by atoms with E-state index in [1.54, 1.807) is 6.20 Å². The maximum Gasteiger partial charge on any atom is 0.238 e. The molecule has 1 fully saturated rings. The zero-order valence-corrected chi connectivity index (χ0v) is 14.8. The van der Waals surface area contributed by atoms with Gasteiger partial charge in [0.2, 0.25) is 5.91 Å². The number of aromatic nitrogens is 1. The molecule has 0 bridgehead atoms. The van der Waals surface area contributed by atoms with Gasteiger partial charge in [-0.2, -0.15) is 0 Å². The fourth-order valence-electron chi connectivity index (χ4n) is 2.13. The number of hydrogen-bond donors (Lipinski definition) is 3. The topological polar surface area (TPSA) is 66.1 Å². The number of amides is 1. The number of carbonyl (C=O) groups excluding carboxylic acids is 1. The molecule has 1 saturated carbocycles. The number of nitrogens with one attached hydrogen (secondary N) is 3. The molecule has 0 spiro atoms. The van der Waals surface area contributed by atoms with Crippen molar-refractivity contribution in [1.29, 1.82) is 0 Å². The molecule has 130 valence electrons. The molecule has 1 aliphatic rings. The molecule has 7 heteroatoms. The number of benzene rings is 1. The molecule has 0 atom stereocenters. The van der Waals surface area contributed by atoms with Gasteiger partial charge in [-0.1, -0.05) is 18.2 Å². The smallest absolute Gasteiger partial charge is 0.238 e. The molecule has 1 aliphatic carbocycles. The summed E-state index contributed by atoms with van der Waals surface area (Å²) in [5.74, 6) is 1.49. The van der Waals surface area contributed by atoms with Crippen LogP contribution in [0.25, 0.3) is 0 Å². The summed E-state index contributed by atoms with van der Waals surface area (Å²) in [4.78, 5) is 16.1. The number of halogens is 2. The summed E-state index contributed by atoms with van der Waals surface area (Å²) in [7, 11) is 0. The summed E-state index contributed by atoms with van der Waals surface area (Å²) in [6.07, 6.45) is 4.23. The van der Waals surface area contributed by atoms with Crippen molar-refractivity contribution in [2.75, 3.05) is 23.7 Å². The second-order valence-corrected chi connectivity index (χ2v) is 5.55. The van der Waals surface area contributed by atoms with Crippen molar-refractivity contribution in [2.45, 2.75) is 12.8 Å². The van der Waals surface area contributed by atoms with Crippen molar-refractivity contribution in [3.05, 3.63) is 48.7 Å². The molecule has 3 rings (SSSR count). The van der Waals surface area contributed by atoms with Crippen molar-refractivity contribution in [3.63, 3.8) is 0 Å². The van der Waals surface area contributed by atoms with E-state index in [0.29, 0.717) is 12.2 Å². The number of rotatable bonds is 7. The summed E-state index contributed by atoms with van der Waals surface area (Å²) in [6, 6.07) is 13.5. The predicted molar refractivity (Wildman–Crippen MR) is 103 cm³/mol. The largest absolute Gasteiger partial charge is 0.340 e. The van der Waals surface area contributed by atoms with Crippen LogP contribution >= 0.6 is 24.8 Å². The monoisotopic (exact) mass is 368 g/mol. The highest BCUT2D eigenvalue weighted by Crippen LogP contribution is 2.27. The number of nitrogens with zero attached hydrogens (tertiary/aromatic N) is 1. The molecule has 1 aromatic carbocycles. The first kappa shape index (κ1) is 20.2. The third-order valence-corrected chi connectivity index (χ3v) is 3.51. The van der Waals surface area contributed by atoms with E-state index < -0.39 is 0 Å². The Hall–Kier alpha value is -1.82. The molecule has 0 saturated heterocycles. The second kappa shape index (κ2) is 10.1. The first-order valence-corrected chi connectivity index (χ1v) is 7.58. The lowest BCUT2D eigenvalue weighted by Gasteiger charge is -2.08. The number of para-hydroxylation sites is 1. The minimum absolute atomic E-state index is 0. The van der Waals surface area contributed by atoms with Crippen molar-refractivity contribution >= 4 is 47.9 Å². The molecule has 0 aliphatic heterocycles. The zero-order chi connectivity index (χ0) is 15.2. The summed E-state index contributed by atoms with van der Waals surface area (Å²) < 4.78 is 0. The highest BCUT2D eigenvalue weighted by molar-refractivity contribution is 5.92. The first-order valence-electron chi connectivity index (χ1n) is 7.58. The van der Waals surface area contributed by atoms with Crippen LogP contribution < -0.4 is 16.0 Å². The molecule has 0 radical (unpaired) electrons. The normalized spacial score (nSPS) is 12.5. The highest BCUT2D eigenvalue weighted by atomic mass is 35.5. The summed E-state index contributed by atoms with van der Waals surface area (Å²) >= 11 is 0. The van der Waals surface area contributed by atoms with Gasteiger partial charge in [0.05, 0.1) is 18.4 Å². The van der Waals surface area contributed by atoms with E-state index in [-0.39, 0.29) is 30.7 Å². The molecule has 0 unspecified atom stereocenters. The minimum atomic E-state index is -0.0359. The van der Waals surface area contributed by atoms with Gasteiger partial charge >= 0.3 is 0 Å². The lowest BCUT2D eigenvalue weighted by atomic mass is 10.3. The molecule has 24 heavy (non-hydrogen) atoms. The van der Waals surface area contributed by atoms with Crippen LogP contribution in [-0.4, -0.2) is 24.0 Å². The van der Waals surface area contributed by atoms with Gasteiger partial charge in [-0.25, -0.2) is 4.98 Å². The average Bonchev–Trinajstić information content (AvgIpc) is 3.35. The number of anilines is 3. The Morgan fingerprint density at radius 2 is 1.79 bits per heavy atom. The summed E-state index contributed by atoms with van der Waals surface area (Å²) in [5.41, 5.74) is 1.69. The summed E-state index contributed by atoms with van der Waals surface area (Å²) in [5, 5.41) is 9.20. The fraction of sp³-hybridized carbons (Fsp3) is 0.294. The molecule has 1 heterocycles. The Kier molecular flexibility index (Phi) is 8.54. The van der Waals surface area contributed by atoms with Gasteiger partial charge in [0, 0.05) is 5.69 Å². The number of pyridine rings is 1. The van der Waals surface area contributed by atoms with Crippen LogP contribution in [0.1, 0.15) is 12.8 Å². The Morgan fingerprint density at radius 1 is 1.04 bits per heavy atom. The standard InChI is InChI=1S/C17H20N4O.2ClH/c22-17(12-18-10-13-6-7-13)21-15-8-9-16(19-11-15)20-14-4-2-1-3-5-14;;/h1-5,8-9,11,13,18H,6-7,10,12H2,(H,19,20)(H,21,22);2*1H. The molecule has 2 aromatic rings. The maximum atomic E-state index is 11.8. The zero-order valence-electron chi connectivity index (χ0n) is 13.2. The SMILES string of the molecule is Cl.Cl.O=C(CNCC1CC1)Nc1ccc(Nc2ccccc2)nc1. The Bertz CT molecular complexity index is 618. The predicted octanol–water partition coefficient (Wildman–Crippen LogP) is 3.61. The molecule has 1 amide bonds. The van der Waals surface area contributed by atoms with Crippen LogP contribution in [-0.2, 0) is 4.79 Å². The molecular weight excluding hydrogens is 347 g/mol. The third kappa shape index (κ3) is 6.74. The van der Waals surface area contributed by atoms with Crippen LogP contribution in [0.2, 0.25) is 0 Å². The van der Waals surface area contributed by atoms with Crippen LogP contribution in [0.5, 0.6) is 0 Å². The number of hydrogen-bond acceptors (Lipinski definition) is 4. The molecule has 3 N–H and O–H groups in total. The van der Waals surface area contributed by atoms with Gasteiger partial charge in [0.25, 0.3) is 0 Å². The van der Waals surface area contributed by atoms with Crippen LogP contribution in [0, 0.1) is 5.92 Å². The fourth-order valence-corrected chi connectivity index (χ4v) is 2.13. The van der Waals surface area contributed by atoms with Gasteiger partial charge in [-0.3, -0.25) is 4.79 Å². The summed E-state index contributed by atoms with van der Waals surface area (Å²) in [6.45, 7) is 1.28. The quantitative estimate of drug-likeness (QED) is 0.698. The lowest BCUT2D eigenvalue weighted by Crippen LogP contribution is -2.29. The lowest BCUT2D eigenvalue weighted by molar-refractivity contribution is -0.115. The van der Waals surface area contributed by atoms with E-state index in [9.17, 15) is 4.79 Å². The van der Waals surface area contributed by atoms with E-state index in [4.69, 9.17) is 0 Å². The average molecular weight is 369 g/mol. The van der Waals surface area contributed by atoms with Gasteiger partial charge in [0.15, 0.2) is 0 Å². The Morgan fingerprint density at radius 3 is 2.42 bits per heavy atom. The van der Waals surface area contributed by atoms with Crippen molar-refractivity contribution in [1.82, 2.24) is 10.3 Å². The van der Waals surface area contributed by atoms with Gasteiger partial charge in [-0.05, 0) is 49.6 Å². The Labute approximate surface area is 154 Å². The van der Waals surface area contributed by atoms with E-state index in [2.05, 4.69) is 20.9 Å². The van der Waals surface area contributed by atoms with Crippen molar-refractivity contribution in [3.8, 4) is 0 Å². The third-order valence-electron chi connectivity index (χ3n) is 3.51.